The first-order valence-electron chi connectivity index (χ1n) is 4.26. The Bertz CT molecular complexity index is 189. The van der Waals surface area contributed by atoms with Crippen molar-refractivity contribution in [1.82, 2.24) is 0 Å². The van der Waals surface area contributed by atoms with E-state index in [1.54, 1.807) is 0 Å². The maximum Gasteiger partial charge on any atom is 0.323 e. The van der Waals surface area contributed by atoms with Gasteiger partial charge in [-0.3, -0.25) is 4.79 Å². The molecule has 1 aliphatic rings. The Morgan fingerprint density at radius 1 is 1.75 bits per heavy atom. The predicted molar refractivity (Wildman–Crippen MR) is 46.5 cm³/mol. The molecule has 3 nitrogen and oxygen atoms in total. The Labute approximate surface area is 72.6 Å². The fourth-order valence-corrected chi connectivity index (χ4v) is 1.45. The molecule has 1 aliphatic carbocycles. The van der Waals surface area contributed by atoms with Crippen LogP contribution in [0.3, 0.4) is 0 Å². The maximum absolute atomic E-state index is 11.0. The van der Waals surface area contributed by atoms with Crippen LogP contribution in [0.5, 0.6) is 0 Å². The summed E-state index contributed by atoms with van der Waals surface area (Å²) >= 11 is 0. The number of methoxy groups -OCH3 is 1. The standard InChI is InChI=1S/C9H15NO2/c1-12-9(11)8(10)7-5-3-2-4-6-7/h3,5,7-8H,2,4,6,10H2,1H3/t7?,8-/m1/s1. The average Bonchev–Trinajstić information content (AvgIpc) is 2.17. The van der Waals surface area contributed by atoms with Crippen molar-refractivity contribution in [3.63, 3.8) is 0 Å². The summed E-state index contributed by atoms with van der Waals surface area (Å²) in [5, 5.41) is 0. The molecule has 0 heterocycles. The van der Waals surface area contributed by atoms with E-state index < -0.39 is 6.04 Å². The number of allylic oxidation sites excluding steroid dienone is 1. The smallest absolute Gasteiger partial charge is 0.323 e. The van der Waals surface area contributed by atoms with E-state index in [2.05, 4.69) is 10.8 Å². The fraction of sp³-hybridized carbons (Fsp3) is 0.667. The van der Waals surface area contributed by atoms with Gasteiger partial charge in [-0.1, -0.05) is 12.2 Å². The van der Waals surface area contributed by atoms with Gasteiger partial charge in [-0.05, 0) is 19.3 Å². The van der Waals surface area contributed by atoms with Gasteiger partial charge in [-0.15, -0.1) is 0 Å². The number of hydrogen-bond donors (Lipinski definition) is 1. The van der Waals surface area contributed by atoms with Crippen LogP contribution in [-0.4, -0.2) is 19.1 Å². The summed E-state index contributed by atoms with van der Waals surface area (Å²) in [6.07, 6.45) is 7.31. The Morgan fingerprint density at radius 3 is 3.00 bits per heavy atom. The van der Waals surface area contributed by atoms with Gasteiger partial charge in [-0.2, -0.15) is 0 Å². The van der Waals surface area contributed by atoms with Crippen molar-refractivity contribution in [2.45, 2.75) is 25.3 Å². The summed E-state index contributed by atoms with van der Waals surface area (Å²) in [6.45, 7) is 0. The van der Waals surface area contributed by atoms with Gasteiger partial charge in [-0.25, -0.2) is 0 Å². The second-order valence-corrected chi connectivity index (χ2v) is 3.07. The van der Waals surface area contributed by atoms with Crippen LogP contribution >= 0.6 is 0 Å². The largest absolute Gasteiger partial charge is 0.468 e. The van der Waals surface area contributed by atoms with Crippen molar-refractivity contribution >= 4 is 5.97 Å². The van der Waals surface area contributed by atoms with E-state index in [1.807, 2.05) is 6.08 Å². The van der Waals surface area contributed by atoms with Gasteiger partial charge in [0.2, 0.25) is 0 Å². The van der Waals surface area contributed by atoms with E-state index in [1.165, 1.54) is 7.11 Å². The molecule has 0 saturated heterocycles. The summed E-state index contributed by atoms with van der Waals surface area (Å²) in [5.74, 6) is -0.141. The number of ether oxygens (including phenoxy) is 1. The molecule has 0 aromatic rings. The minimum Gasteiger partial charge on any atom is -0.468 e. The zero-order chi connectivity index (χ0) is 8.97. The van der Waals surface area contributed by atoms with Crippen molar-refractivity contribution < 1.29 is 9.53 Å². The van der Waals surface area contributed by atoms with Crippen LogP contribution in [0, 0.1) is 5.92 Å². The first-order valence-corrected chi connectivity index (χ1v) is 4.26. The molecule has 0 bridgehead atoms. The van der Waals surface area contributed by atoms with Crippen LogP contribution < -0.4 is 5.73 Å². The lowest BCUT2D eigenvalue weighted by Gasteiger charge is -2.20. The maximum atomic E-state index is 11.0. The van der Waals surface area contributed by atoms with E-state index in [-0.39, 0.29) is 11.9 Å². The van der Waals surface area contributed by atoms with Gasteiger partial charge in [0.05, 0.1) is 7.11 Å². The Hall–Kier alpha value is -0.830. The third-order valence-corrected chi connectivity index (χ3v) is 2.23. The first-order chi connectivity index (χ1) is 5.75. The molecule has 0 fully saturated rings. The summed E-state index contributed by atoms with van der Waals surface area (Å²) in [5.41, 5.74) is 5.68. The molecule has 0 amide bonds. The molecule has 1 unspecified atom stereocenters. The fourth-order valence-electron chi connectivity index (χ4n) is 1.45. The summed E-state index contributed by atoms with van der Waals surface area (Å²) in [6, 6.07) is -0.480. The van der Waals surface area contributed by atoms with E-state index in [0.717, 1.165) is 19.3 Å². The van der Waals surface area contributed by atoms with Gasteiger partial charge < -0.3 is 10.5 Å². The van der Waals surface area contributed by atoms with Gasteiger partial charge >= 0.3 is 5.97 Å². The molecule has 0 saturated carbocycles. The molecular weight excluding hydrogens is 154 g/mol. The van der Waals surface area contributed by atoms with Crippen LogP contribution in [0.1, 0.15) is 19.3 Å². The lowest BCUT2D eigenvalue weighted by molar-refractivity contribution is -0.143. The molecule has 2 N–H and O–H groups in total. The molecule has 0 radical (unpaired) electrons. The van der Waals surface area contributed by atoms with Crippen LogP contribution in [-0.2, 0) is 9.53 Å². The second kappa shape index (κ2) is 4.26. The molecule has 68 valence electrons. The van der Waals surface area contributed by atoms with Crippen LogP contribution in [0.2, 0.25) is 0 Å². The minimum atomic E-state index is -0.480. The van der Waals surface area contributed by atoms with Crippen molar-refractivity contribution in [2.24, 2.45) is 11.7 Å². The van der Waals surface area contributed by atoms with Gasteiger partial charge in [0, 0.05) is 5.92 Å². The van der Waals surface area contributed by atoms with Crippen molar-refractivity contribution in [2.75, 3.05) is 7.11 Å². The third-order valence-electron chi connectivity index (χ3n) is 2.23. The molecule has 12 heavy (non-hydrogen) atoms. The molecule has 0 aromatic heterocycles. The number of rotatable bonds is 2. The predicted octanol–water partition coefficient (Wildman–Crippen LogP) is 0.843. The van der Waals surface area contributed by atoms with E-state index in [0.29, 0.717) is 0 Å². The van der Waals surface area contributed by atoms with Gasteiger partial charge in [0.25, 0.3) is 0 Å². The molecule has 0 aromatic carbocycles. The Kier molecular flexibility index (Phi) is 3.29. The normalized spacial score (nSPS) is 25.0. The SMILES string of the molecule is COC(=O)[C@H](N)C1C=CCCC1. The lowest BCUT2D eigenvalue weighted by atomic mass is 9.90. The molecule has 1 rings (SSSR count). The average molecular weight is 169 g/mol. The minimum absolute atomic E-state index is 0.172. The number of carbonyl (C=O) groups is 1. The highest BCUT2D eigenvalue weighted by Crippen LogP contribution is 2.19. The highest BCUT2D eigenvalue weighted by atomic mass is 16.5. The van der Waals surface area contributed by atoms with Crippen molar-refractivity contribution in [3.05, 3.63) is 12.2 Å². The first kappa shape index (κ1) is 9.26. The third kappa shape index (κ3) is 2.08. The van der Waals surface area contributed by atoms with E-state index in [4.69, 9.17) is 5.73 Å². The van der Waals surface area contributed by atoms with Crippen LogP contribution in [0.15, 0.2) is 12.2 Å². The Balaban J connectivity index is 2.50. The summed E-state index contributed by atoms with van der Waals surface area (Å²) < 4.78 is 4.57. The quantitative estimate of drug-likeness (QED) is 0.492. The van der Waals surface area contributed by atoms with Gasteiger partial charge in [0.1, 0.15) is 6.04 Å². The zero-order valence-electron chi connectivity index (χ0n) is 7.32. The summed E-state index contributed by atoms with van der Waals surface area (Å²) in [7, 11) is 1.37. The van der Waals surface area contributed by atoms with Crippen molar-refractivity contribution in [3.8, 4) is 0 Å². The van der Waals surface area contributed by atoms with E-state index >= 15 is 0 Å². The highest BCUT2D eigenvalue weighted by molar-refractivity contribution is 5.76. The second-order valence-electron chi connectivity index (χ2n) is 3.07. The van der Waals surface area contributed by atoms with Gasteiger partial charge in [0.15, 0.2) is 0 Å². The van der Waals surface area contributed by atoms with E-state index in [9.17, 15) is 4.79 Å². The monoisotopic (exact) mass is 169 g/mol. The molecule has 3 heteroatoms. The number of carbonyl (C=O) groups excluding carboxylic acids is 1. The number of nitrogens with two attached hydrogens (primary N) is 1. The highest BCUT2D eigenvalue weighted by Gasteiger charge is 2.23. The topological polar surface area (TPSA) is 52.3 Å². The summed E-state index contributed by atoms with van der Waals surface area (Å²) in [4.78, 5) is 11.0. The Morgan fingerprint density at radius 2 is 2.50 bits per heavy atom. The zero-order valence-corrected chi connectivity index (χ0v) is 7.32. The number of esters is 1. The molecule has 0 aliphatic heterocycles. The van der Waals surface area contributed by atoms with Crippen molar-refractivity contribution in [1.29, 1.82) is 0 Å². The molecular formula is C9H15NO2. The molecule has 2 atom stereocenters. The lowest BCUT2D eigenvalue weighted by Crippen LogP contribution is -2.38. The van der Waals surface area contributed by atoms with Crippen LogP contribution in [0.25, 0.3) is 0 Å². The van der Waals surface area contributed by atoms with Crippen LogP contribution in [0.4, 0.5) is 0 Å². The number of hydrogen-bond acceptors (Lipinski definition) is 3. The molecule has 0 spiro atoms.